The summed E-state index contributed by atoms with van der Waals surface area (Å²) in [5.74, 6) is -0.0170. The first-order chi connectivity index (χ1) is 10.7. The molecule has 3 aromatic heterocycles. The molecule has 0 unspecified atom stereocenters. The van der Waals surface area contributed by atoms with E-state index in [4.69, 9.17) is 5.73 Å². The van der Waals surface area contributed by atoms with Crippen LogP contribution in [-0.4, -0.2) is 27.3 Å². The van der Waals surface area contributed by atoms with Crippen molar-refractivity contribution in [1.29, 1.82) is 0 Å². The molecule has 8 heteroatoms. The first kappa shape index (κ1) is 13.9. The number of nitrogen functional groups attached to an aromatic ring is 1. The number of thiophene rings is 1. The van der Waals surface area contributed by atoms with Gasteiger partial charge in [-0.05, 0) is 11.4 Å². The number of carbonyl (C=O) groups is 1. The smallest absolute Gasteiger partial charge is 0.273 e. The summed E-state index contributed by atoms with van der Waals surface area (Å²) in [6, 6.07) is 4.01. The van der Waals surface area contributed by atoms with Gasteiger partial charge in [0.15, 0.2) is 5.13 Å². The third kappa shape index (κ3) is 2.43. The second-order valence-corrected chi connectivity index (χ2v) is 7.83. The molecule has 112 valence electrons. The molecule has 4 heterocycles. The average molecular weight is 348 g/mol. The van der Waals surface area contributed by atoms with Gasteiger partial charge < -0.3 is 10.6 Å². The molecule has 0 atom stereocenters. The number of amides is 1. The van der Waals surface area contributed by atoms with Crippen LogP contribution in [0.15, 0.2) is 22.9 Å². The molecule has 0 spiro atoms. The highest BCUT2D eigenvalue weighted by molar-refractivity contribution is 7.20. The first-order valence-corrected chi connectivity index (χ1v) is 9.31. The lowest BCUT2D eigenvalue weighted by molar-refractivity contribution is 0.0731. The molecule has 0 radical (unpaired) electrons. The van der Waals surface area contributed by atoms with E-state index in [9.17, 15) is 4.79 Å². The Kier molecular flexibility index (Phi) is 3.44. The summed E-state index contributed by atoms with van der Waals surface area (Å²) < 4.78 is 0. The maximum Gasteiger partial charge on any atom is 0.273 e. The van der Waals surface area contributed by atoms with E-state index in [2.05, 4.69) is 9.97 Å². The summed E-state index contributed by atoms with van der Waals surface area (Å²) in [5.41, 5.74) is 7.30. The molecule has 0 fully saturated rings. The van der Waals surface area contributed by atoms with Crippen molar-refractivity contribution in [2.24, 2.45) is 0 Å². The Bertz CT molecular complexity index is 821. The topological polar surface area (TPSA) is 72.1 Å². The zero-order chi connectivity index (χ0) is 15.1. The molecule has 0 saturated heterocycles. The van der Waals surface area contributed by atoms with Crippen molar-refractivity contribution < 1.29 is 4.79 Å². The third-order valence-electron chi connectivity index (χ3n) is 3.49. The number of aromatic nitrogens is 2. The van der Waals surface area contributed by atoms with Crippen LogP contribution in [-0.2, 0) is 13.0 Å². The van der Waals surface area contributed by atoms with Crippen molar-refractivity contribution in [1.82, 2.24) is 14.9 Å². The number of thiazole rings is 2. The third-order valence-corrected chi connectivity index (χ3v) is 6.28. The fraction of sp³-hybridized carbons (Fsp3) is 0.214. The molecule has 0 bridgehead atoms. The van der Waals surface area contributed by atoms with E-state index in [1.807, 2.05) is 27.8 Å². The van der Waals surface area contributed by atoms with Crippen molar-refractivity contribution in [3.8, 4) is 9.88 Å². The van der Waals surface area contributed by atoms with Crippen LogP contribution in [0.25, 0.3) is 9.88 Å². The second kappa shape index (κ2) is 5.45. The van der Waals surface area contributed by atoms with Gasteiger partial charge >= 0.3 is 0 Å². The normalized spacial score (nSPS) is 14.1. The predicted octanol–water partition coefficient (Wildman–Crippen LogP) is 3.11. The molecule has 0 aliphatic carbocycles. The number of nitrogens with two attached hydrogens (primary N) is 1. The fourth-order valence-electron chi connectivity index (χ4n) is 2.44. The monoisotopic (exact) mass is 348 g/mol. The van der Waals surface area contributed by atoms with E-state index in [0.29, 0.717) is 23.9 Å². The molecule has 0 saturated carbocycles. The highest BCUT2D eigenvalue weighted by atomic mass is 32.1. The maximum atomic E-state index is 12.6. The summed E-state index contributed by atoms with van der Waals surface area (Å²) in [5, 5.41) is 5.33. The van der Waals surface area contributed by atoms with Gasteiger partial charge in [0.2, 0.25) is 0 Å². The van der Waals surface area contributed by atoms with Crippen molar-refractivity contribution in [3.63, 3.8) is 0 Å². The summed E-state index contributed by atoms with van der Waals surface area (Å²) in [6.07, 6.45) is 0.761. The van der Waals surface area contributed by atoms with Crippen molar-refractivity contribution in [2.45, 2.75) is 13.0 Å². The predicted molar refractivity (Wildman–Crippen MR) is 90.4 cm³/mol. The minimum atomic E-state index is -0.0170. The minimum Gasteiger partial charge on any atom is -0.375 e. The Labute approximate surface area is 139 Å². The summed E-state index contributed by atoms with van der Waals surface area (Å²) >= 11 is 4.61. The van der Waals surface area contributed by atoms with Gasteiger partial charge in [0.05, 0.1) is 17.1 Å². The van der Waals surface area contributed by atoms with Crippen LogP contribution < -0.4 is 5.73 Å². The van der Waals surface area contributed by atoms with E-state index in [0.717, 1.165) is 26.9 Å². The van der Waals surface area contributed by atoms with Gasteiger partial charge in [0.25, 0.3) is 5.91 Å². The van der Waals surface area contributed by atoms with Crippen LogP contribution in [0.1, 0.15) is 21.1 Å². The molecular weight excluding hydrogens is 336 g/mol. The van der Waals surface area contributed by atoms with Gasteiger partial charge in [0, 0.05) is 23.2 Å². The summed E-state index contributed by atoms with van der Waals surface area (Å²) in [6.45, 7) is 1.25. The van der Waals surface area contributed by atoms with Crippen molar-refractivity contribution >= 4 is 45.0 Å². The van der Waals surface area contributed by atoms with Gasteiger partial charge in [-0.25, -0.2) is 9.97 Å². The Hall–Kier alpha value is -1.77. The molecule has 5 nitrogen and oxygen atoms in total. The molecule has 2 N–H and O–H groups in total. The standard InChI is InChI=1S/C14H12N4OS3/c15-14-17-8-3-4-18(6-11(8)22-14)13(19)9-7-21-12(16-9)10-2-1-5-20-10/h1-2,5,7H,3-4,6H2,(H2,15,17). The van der Waals surface area contributed by atoms with Crippen LogP contribution in [0.3, 0.4) is 0 Å². The molecule has 1 aliphatic heterocycles. The fourth-order valence-corrected chi connectivity index (χ4v) is 4.94. The van der Waals surface area contributed by atoms with Crippen molar-refractivity contribution in [2.75, 3.05) is 12.3 Å². The molecule has 1 amide bonds. The molecule has 22 heavy (non-hydrogen) atoms. The van der Waals surface area contributed by atoms with E-state index in [1.54, 1.807) is 11.3 Å². The van der Waals surface area contributed by atoms with Crippen LogP contribution >= 0.6 is 34.0 Å². The Morgan fingerprint density at radius 1 is 1.32 bits per heavy atom. The number of hydrogen-bond acceptors (Lipinski definition) is 7. The minimum absolute atomic E-state index is 0.0170. The highest BCUT2D eigenvalue weighted by Crippen LogP contribution is 2.30. The number of rotatable bonds is 2. The van der Waals surface area contributed by atoms with Gasteiger partial charge in [0.1, 0.15) is 10.7 Å². The number of anilines is 1. The van der Waals surface area contributed by atoms with Crippen LogP contribution in [0.4, 0.5) is 5.13 Å². The van der Waals surface area contributed by atoms with Crippen molar-refractivity contribution in [3.05, 3.63) is 39.2 Å². The van der Waals surface area contributed by atoms with E-state index in [1.165, 1.54) is 22.7 Å². The highest BCUT2D eigenvalue weighted by Gasteiger charge is 2.26. The lowest BCUT2D eigenvalue weighted by Gasteiger charge is -2.25. The zero-order valence-electron chi connectivity index (χ0n) is 11.5. The number of nitrogens with zero attached hydrogens (tertiary/aromatic N) is 3. The lowest BCUT2D eigenvalue weighted by atomic mass is 10.1. The molecule has 1 aliphatic rings. The van der Waals surface area contributed by atoms with E-state index in [-0.39, 0.29) is 5.91 Å². The van der Waals surface area contributed by atoms with Crippen LogP contribution in [0.5, 0.6) is 0 Å². The van der Waals surface area contributed by atoms with E-state index < -0.39 is 0 Å². The number of fused-ring (bicyclic) bond motifs is 1. The molecule has 4 rings (SSSR count). The zero-order valence-corrected chi connectivity index (χ0v) is 13.9. The SMILES string of the molecule is Nc1nc2c(s1)CN(C(=O)c1csc(-c3cccs3)n1)CC2. The Morgan fingerprint density at radius 2 is 2.23 bits per heavy atom. The molecule has 3 aromatic rings. The van der Waals surface area contributed by atoms with Gasteiger partial charge in [-0.1, -0.05) is 6.07 Å². The average Bonchev–Trinajstić information content (AvgIpc) is 3.24. The Morgan fingerprint density at radius 3 is 3.05 bits per heavy atom. The summed E-state index contributed by atoms with van der Waals surface area (Å²) in [4.78, 5) is 25.4. The largest absolute Gasteiger partial charge is 0.375 e. The molecule has 0 aromatic carbocycles. The van der Waals surface area contributed by atoms with Crippen LogP contribution in [0.2, 0.25) is 0 Å². The molecular formula is C14H12N4OS3. The summed E-state index contributed by atoms with van der Waals surface area (Å²) in [7, 11) is 0. The quantitative estimate of drug-likeness (QED) is 0.772. The maximum absolute atomic E-state index is 12.6. The van der Waals surface area contributed by atoms with Crippen LogP contribution in [0, 0.1) is 0 Å². The van der Waals surface area contributed by atoms with Gasteiger partial charge in [-0.2, -0.15) is 0 Å². The lowest BCUT2D eigenvalue weighted by Crippen LogP contribution is -2.35. The Balaban J connectivity index is 1.55. The van der Waals surface area contributed by atoms with E-state index >= 15 is 0 Å². The second-order valence-electron chi connectivity index (χ2n) is 4.91. The first-order valence-electron chi connectivity index (χ1n) is 6.73. The number of hydrogen-bond donors (Lipinski definition) is 1. The number of carbonyl (C=O) groups excluding carboxylic acids is 1. The van der Waals surface area contributed by atoms with Gasteiger partial charge in [-0.3, -0.25) is 4.79 Å². The van der Waals surface area contributed by atoms with Gasteiger partial charge in [-0.15, -0.1) is 34.0 Å².